The van der Waals surface area contributed by atoms with Crippen molar-refractivity contribution in [1.29, 1.82) is 0 Å². The summed E-state index contributed by atoms with van der Waals surface area (Å²) in [6.07, 6.45) is 4.75. The Kier molecular flexibility index (Phi) is 4.60. The van der Waals surface area contributed by atoms with Gasteiger partial charge in [0.25, 0.3) is 0 Å². The van der Waals surface area contributed by atoms with Gasteiger partial charge in [-0.25, -0.2) is 4.79 Å². The maximum atomic E-state index is 12.1. The van der Waals surface area contributed by atoms with Crippen molar-refractivity contribution in [2.24, 2.45) is 0 Å². The van der Waals surface area contributed by atoms with E-state index < -0.39 is 5.97 Å². The fourth-order valence-electron chi connectivity index (χ4n) is 2.26. The van der Waals surface area contributed by atoms with Crippen LogP contribution in [0.25, 0.3) is 0 Å². The molecule has 0 radical (unpaired) electrons. The summed E-state index contributed by atoms with van der Waals surface area (Å²) in [5.41, 5.74) is 6.02. The summed E-state index contributed by atoms with van der Waals surface area (Å²) in [5.74, 6) is -0.559. The molecule has 110 valence electrons. The highest BCUT2D eigenvalue weighted by Crippen LogP contribution is 2.12. The number of nitrogen functional groups attached to an aromatic ring is 1. The average Bonchev–Trinajstić information content (AvgIpc) is 2.81. The Morgan fingerprint density at radius 2 is 2.05 bits per heavy atom. The molecule has 1 aromatic rings. The van der Waals surface area contributed by atoms with Crippen molar-refractivity contribution in [2.75, 3.05) is 25.4 Å². The molecule has 2 rings (SSSR count). The molecule has 0 unspecified atom stereocenters. The van der Waals surface area contributed by atoms with Gasteiger partial charge in [-0.3, -0.25) is 9.48 Å². The predicted molar refractivity (Wildman–Crippen MR) is 73.0 cm³/mol. The molecule has 0 bridgehead atoms. The lowest BCUT2D eigenvalue weighted by Gasteiger charge is -2.26. The van der Waals surface area contributed by atoms with E-state index in [-0.39, 0.29) is 30.4 Å². The number of nitrogens with two attached hydrogens (primary N) is 1. The van der Waals surface area contributed by atoms with E-state index in [1.54, 1.807) is 6.92 Å². The molecule has 0 saturated carbocycles. The summed E-state index contributed by atoms with van der Waals surface area (Å²) >= 11 is 0. The zero-order chi connectivity index (χ0) is 14.5. The summed E-state index contributed by atoms with van der Waals surface area (Å²) in [5, 5.41) is 4.03. The van der Waals surface area contributed by atoms with Crippen LogP contribution in [-0.2, 0) is 16.1 Å². The van der Waals surface area contributed by atoms with Crippen molar-refractivity contribution in [1.82, 2.24) is 14.7 Å². The van der Waals surface area contributed by atoms with Crippen LogP contribution < -0.4 is 5.73 Å². The van der Waals surface area contributed by atoms with E-state index in [2.05, 4.69) is 5.10 Å². The van der Waals surface area contributed by atoms with Crippen LogP contribution >= 0.6 is 0 Å². The third-order valence-electron chi connectivity index (χ3n) is 3.26. The number of esters is 1. The normalized spacial score (nSPS) is 15.2. The van der Waals surface area contributed by atoms with E-state index in [1.165, 1.54) is 17.3 Å². The van der Waals surface area contributed by atoms with Gasteiger partial charge < -0.3 is 15.4 Å². The molecule has 2 N–H and O–H groups in total. The first-order valence-electron chi connectivity index (χ1n) is 6.89. The number of ether oxygens (including phenoxy) is 1. The minimum absolute atomic E-state index is 0.00242. The van der Waals surface area contributed by atoms with E-state index in [0.717, 1.165) is 25.9 Å². The van der Waals surface area contributed by atoms with Crippen molar-refractivity contribution >= 4 is 17.6 Å². The highest BCUT2D eigenvalue weighted by molar-refractivity contribution is 5.92. The number of aromatic nitrogens is 2. The lowest BCUT2D eigenvalue weighted by molar-refractivity contribution is -0.132. The van der Waals surface area contributed by atoms with Gasteiger partial charge in [-0.2, -0.15) is 5.10 Å². The Balaban J connectivity index is 2.01. The highest BCUT2D eigenvalue weighted by Gasteiger charge is 2.20. The average molecular weight is 280 g/mol. The molecule has 1 saturated heterocycles. The van der Waals surface area contributed by atoms with Gasteiger partial charge in [-0.15, -0.1) is 0 Å². The largest absolute Gasteiger partial charge is 0.461 e. The van der Waals surface area contributed by atoms with Gasteiger partial charge in [0.1, 0.15) is 6.54 Å². The summed E-state index contributed by atoms with van der Waals surface area (Å²) in [7, 11) is 0. The van der Waals surface area contributed by atoms with Crippen LogP contribution in [0.3, 0.4) is 0 Å². The number of amides is 1. The Bertz CT molecular complexity index is 492. The standard InChI is InChI=1S/C13H20N4O3/c1-2-20-13(19)12-10(14)8-17(15-12)9-11(18)16-6-4-3-5-7-16/h8H,2-7,9,14H2,1H3. The second kappa shape index (κ2) is 6.40. The number of piperidine rings is 1. The Morgan fingerprint density at radius 1 is 1.35 bits per heavy atom. The maximum absolute atomic E-state index is 12.1. The van der Waals surface area contributed by atoms with Crippen LogP contribution in [0.1, 0.15) is 36.7 Å². The zero-order valence-corrected chi connectivity index (χ0v) is 11.7. The Hall–Kier alpha value is -2.05. The number of carbonyl (C=O) groups is 2. The predicted octanol–water partition coefficient (Wildman–Crippen LogP) is 0.654. The number of anilines is 1. The van der Waals surface area contributed by atoms with E-state index in [1.807, 2.05) is 4.90 Å². The topological polar surface area (TPSA) is 90.4 Å². The second-order valence-electron chi connectivity index (χ2n) is 4.79. The third-order valence-corrected chi connectivity index (χ3v) is 3.26. The van der Waals surface area contributed by atoms with Crippen LogP contribution in [0.4, 0.5) is 5.69 Å². The second-order valence-corrected chi connectivity index (χ2v) is 4.79. The fourth-order valence-corrected chi connectivity index (χ4v) is 2.26. The van der Waals surface area contributed by atoms with Crippen molar-refractivity contribution < 1.29 is 14.3 Å². The number of likely N-dealkylation sites (tertiary alicyclic amines) is 1. The van der Waals surface area contributed by atoms with Crippen molar-refractivity contribution in [3.05, 3.63) is 11.9 Å². The van der Waals surface area contributed by atoms with Crippen molar-refractivity contribution in [2.45, 2.75) is 32.7 Å². The third kappa shape index (κ3) is 3.28. The highest BCUT2D eigenvalue weighted by atomic mass is 16.5. The number of nitrogens with zero attached hydrogens (tertiary/aromatic N) is 3. The molecule has 0 aliphatic carbocycles. The maximum Gasteiger partial charge on any atom is 0.361 e. The number of rotatable bonds is 4. The molecule has 20 heavy (non-hydrogen) atoms. The SMILES string of the molecule is CCOC(=O)c1nn(CC(=O)N2CCCCC2)cc1N. The minimum atomic E-state index is -0.561. The van der Waals surface area contributed by atoms with Gasteiger partial charge in [-0.05, 0) is 26.2 Å². The molecule has 7 heteroatoms. The summed E-state index contributed by atoms with van der Waals surface area (Å²) < 4.78 is 6.25. The monoisotopic (exact) mass is 280 g/mol. The molecule has 1 aliphatic heterocycles. The van der Waals surface area contributed by atoms with Crippen LogP contribution in [0.2, 0.25) is 0 Å². The molecule has 1 fully saturated rings. The van der Waals surface area contributed by atoms with Crippen LogP contribution in [0.15, 0.2) is 6.20 Å². The van der Waals surface area contributed by atoms with Gasteiger partial charge in [0.2, 0.25) is 5.91 Å². The van der Waals surface area contributed by atoms with Crippen molar-refractivity contribution in [3.8, 4) is 0 Å². The van der Waals surface area contributed by atoms with Gasteiger partial charge in [-0.1, -0.05) is 0 Å². The molecular weight excluding hydrogens is 260 g/mol. The summed E-state index contributed by atoms with van der Waals surface area (Å²) in [6, 6.07) is 0. The quantitative estimate of drug-likeness (QED) is 0.818. The zero-order valence-electron chi connectivity index (χ0n) is 11.7. The van der Waals surface area contributed by atoms with Crippen molar-refractivity contribution in [3.63, 3.8) is 0 Å². The van der Waals surface area contributed by atoms with Crippen LogP contribution in [0, 0.1) is 0 Å². The first-order chi connectivity index (χ1) is 9.61. The number of hydrogen-bond donors (Lipinski definition) is 1. The van der Waals surface area contributed by atoms with Crippen LogP contribution in [0.5, 0.6) is 0 Å². The first-order valence-corrected chi connectivity index (χ1v) is 6.89. The molecule has 2 heterocycles. The molecule has 0 spiro atoms. The van der Waals surface area contributed by atoms with E-state index in [0.29, 0.717) is 0 Å². The van der Waals surface area contributed by atoms with E-state index >= 15 is 0 Å². The summed E-state index contributed by atoms with van der Waals surface area (Å²) in [6.45, 7) is 3.66. The smallest absolute Gasteiger partial charge is 0.361 e. The molecule has 0 aromatic carbocycles. The van der Waals surface area contributed by atoms with E-state index in [4.69, 9.17) is 10.5 Å². The van der Waals surface area contributed by atoms with E-state index in [9.17, 15) is 9.59 Å². The number of hydrogen-bond acceptors (Lipinski definition) is 5. The molecular formula is C13H20N4O3. The fraction of sp³-hybridized carbons (Fsp3) is 0.615. The van der Waals surface area contributed by atoms with Gasteiger partial charge >= 0.3 is 5.97 Å². The lowest BCUT2D eigenvalue weighted by atomic mass is 10.1. The minimum Gasteiger partial charge on any atom is -0.461 e. The van der Waals surface area contributed by atoms with Gasteiger partial charge in [0.05, 0.1) is 12.3 Å². The Morgan fingerprint density at radius 3 is 2.70 bits per heavy atom. The van der Waals surface area contributed by atoms with Gasteiger partial charge in [0.15, 0.2) is 5.69 Å². The molecule has 1 aliphatic rings. The lowest BCUT2D eigenvalue weighted by Crippen LogP contribution is -2.37. The molecule has 0 atom stereocenters. The molecule has 1 aromatic heterocycles. The van der Waals surface area contributed by atoms with Gasteiger partial charge in [0, 0.05) is 19.3 Å². The molecule has 1 amide bonds. The number of carbonyl (C=O) groups excluding carboxylic acids is 2. The first kappa shape index (κ1) is 14.4. The summed E-state index contributed by atoms with van der Waals surface area (Å²) in [4.78, 5) is 25.5. The Labute approximate surface area is 117 Å². The van der Waals surface area contributed by atoms with Crippen LogP contribution in [-0.4, -0.2) is 46.3 Å². The molecule has 7 nitrogen and oxygen atoms in total.